The van der Waals surface area contributed by atoms with E-state index in [2.05, 4.69) is 9.71 Å². The number of benzene rings is 4. The fourth-order valence-corrected chi connectivity index (χ4v) is 6.18. The second-order valence-electron chi connectivity index (χ2n) is 7.62. The Hall–Kier alpha value is -3.55. The standard InChI is InChI=1S/C26H20N2O3S2/c1-17-8-2-5-14-24(17)33(30,31)28-21-16-23(26(29)20-12-4-3-11-19(20)21)32-22-13-6-9-18-10-7-15-27-25(18)22/h2-16,28-29H,1H3. The van der Waals surface area contributed by atoms with Crippen LogP contribution in [0, 0.1) is 6.92 Å². The third-order valence-electron chi connectivity index (χ3n) is 5.42. The third-order valence-corrected chi connectivity index (χ3v) is 8.03. The molecule has 2 N–H and O–H groups in total. The lowest BCUT2D eigenvalue weighted by atomic mass is 10.1. The molecule has 33 heavy (non-hydrogen) atoms. The van der Waals surface area contributed by atoms with Crippen LogP contribution in [0.2, 0.25) is 0 Å². The number of hydrogen-bond donors (Lipinski definition) is 2. The van der Waals surface area contributed by atoms with Crippen LogP contribution in [-0.4, -0.2) is 18.5 Å². The Morgan fingerprint density at radius 3 is 2.39 bits per heavy atom. The Bertz CT molecular complexity index is 1610. The molecule has 1 aromatic heterocycles. The molecular formula is C26H20N2O3S2. The van der Waals surface area contributed by atoms with Crippen LogP contribution in [0.5, 0.6) is 5.75 Å². The van der Waals surface area contributed by atoms with Crippen LogP contribution in [0.4, 0.5) is 5.69 Å². The Morgan fingerprint density at radius 1 is 0.848 bits per heavy atom. The summed E-state index contributed by atoms with van der Waals surface area (Å²) in [7, 11) is -3.83. The molecule has 4 aromatic carbocycles. The predicted octanol–water partition coefficient (Wildman–Crippen LogP) is 6.35. The Morgan fingerprint density at radius 2 is 1.58 bits per heavy atom. The van der Waals surface area contributed by atoms with E-state index in [1.54, 1.807) is 55.6 Å². The van der Waals surface area contributed by atoms with Crippen molar-refractivity contribution in [2.45, 2.75) is 21.6 Å². The van der Waals surface area contributed by atoms with Gasteiger partial charge in [0.05, 0.1) is 21.0 Å². The molecular weight excluding hydrogens is 452 g/mol. The summed E-state index contributed by atoms with van der Waals surface area (Å²) in [5.41, 5.74) is 1.88. The second-order valence-corrected chi connectivity index (χ2v) is 10.4. The molecule has 0 atom stereocenters. The minimum absolute atomic E-state index is 0.0994. The number of anilines is 1. The Balaban J connectivity index is 1.64. The first-order chi connectivity index (χ1) is 15.9. The maximum atomic E-state index is 13.2. The van der Waals surface area contributed by atoms with Gasteiger partial charge in [0, 0.05) is 27.3 Å². The van der Waals surface area contributed by atoms with Crippen LogP contribution in [0.1, 0.15) is 5.56 Å². The highest BCUT2D eigenvalue weighted by atomic mass is 32.2. The zero-order chi connectivity index (χ0) is 23.0. The summed E-state index contributed by atoms with van der Waals surface area (Å²) in [6, 6.07) is 25.4. The number of phenols is 1. The van der Waals surface area contributed by atoms with Gasteiger partial charge >= 0.3 is 0 Å². The first-order valence-corrected chi connectivity index (χ1v) is 12.6. The van der Waals surface area contributed by atoms with E-state index in [1.165, 1.54) is 11.8 Å². The number of nitrogens with one attached hydrogen (secondary N) is 1. The van der Waals surface area contributed by atoms with Gasteiger partial charge in [0.25, 0.3) is 10.0 Å². The van der Waals surface area contributed by atoms with Crippen LogP contribution in [0.3, 0.4) is 0 Å². The van der Waals surface area contributed by atoms with E-state index in [4.69, 9.17) is 0 Å². The number of nitrogens with zero attached hydrogens (tertiary/aromatic N) is 1. The number of para-hydroxylation sites is 1. The fourth-order valence-electron chi connectivity index (χ4n) is 3.83. The van der Waals surface area contributed by atoms with Gasteiger partial charge in [-0.3, -0.25) is 9.71 Å². The highest BCUT2D eigenvalue weighted by Gasteiger charge is 2.20. The van der Waals surface area contributed by atoms with E-state index in [-0.39, 0.29) is 10.6 Å². The minimum Gasteiger partial charge on any atom is -0.506 e. The SMILES string of the molecule is Cc1ccccc1S(=O)(=O)Nc1cc(Sc2cccc3cccnc23)c(O)c2ccccc12. The average molecular weight is 473 g/mol. The van der Waals surface area contributed by atoms with Crippen molar-refractivity contribution in [3.05, 3.63) is 96.7 Å². The zero-order valence-electron chi connectivity index (χ0n) is 17.7. The lowest BCUT2D eigenvalue weighted by Crippen LogP contribution is -2.14. The topological polar surface area (TPSA) is 79.3 Å². The number of phenolic OH excluding ortho intramolecular Hbond substituents is 1. The lowest BCUT2D eigenvalue weighted by Gasteiger charge is -2.16. The molecule has 0 radical (unpaired) electrons. The van der Waals surface area contributed by atoms with Crippen molar-refractivity contribution in [3.8, 4) is 5.75 Å². The molecule has 0 aliphatic carbocycles. The minimum atomic E-state index is -3.83. The summed E-state index contributed by atoms with van der Waals surface area (Å²) in [4.78, 5) is 6.11. The van der Waals surface area contributed by atoms with Crippen molar-refractivity contribution in [2.24, 2.45) is 0 Å². The largest absolute Gasteiger partial charge is 0.506 e. The first kappa shape index (κ1) is 21.3. The zero-order valence-corrected chi connectivity index (χ0v) is 19.3. The molecule has 0 spiro atoms. The molecule has 5 nitrogen and oxygen atoms in total. The number of aryl methyl sites for hydroxylation is 1. The molecule has 0 saturated carbocycles. The monoisotopic (exact) mass is 472 g/mol. The molecule has 0 unspecified atom stereocenters. The van der Waals surface area contributed by atoms with Crippen LogP contribution >= 0.6 is 11.8 Å². The lowest BCUT2D eigenvalue weighted by molar-refractivity contribution is 0.469. The summed E-state index contributed by atoms with van der Waals surface area (Å²) < 4.78 is 29.2. The molecule has 0 saturated heterocycles. The highest BCUT2D eigenvalue weighted by Crippen LogP contribution is 2.44. The van der Waals surface area contributed by atoms with Gasteiger partial charge in [-0.15, -0.1) is 0 Å². The molecule has 1 heterocycles. The average Bonchev–Trinajstić information content (AvgIpc) is 2.82. The number of sulfonamides is 1. The summed E-state index contributed by atoms with van der Waals surface area (Å²) >= 11 is 1.35. The van der Waals surface area contributed by atoms with Crippen molar-refractivity contribution in [3.63, 3.8) is 0 Å². The van der Waals surface area contributed by atoms with E-state index in [0.29, 0.717) is 26.9 Å². The number of fused-ring (bicyclic) bond motifs is 2. The normalized spacial score (nSPS) is 11.7. The number of aromatic hydroxyl groups is 1. The van der Waals surface area contributed by atoms with Crippen molar-refractivity contribution >= 4 is 49.1 Å². The number of pyridine rings is 1. The van der Waals surface area contributed by atoms with Crippen molar-refractivity contribution in [1.29, 1.82) is 0 Å². The third kappa shape index (κ3) is 4.01. The van der Waals surface area contributed by atoms with Gasteiger partial charge in [0.1, 0.15) is 5.75 Å². The van der Waals surface area contributed by atoms with Gasteiger partial charge in [0.2, 0.25) is 0 Å². The van der Waals surface area contributed by atoms with Crippen molar-refractivity contribution in [1.82, 2.24) is 4.98 Å². The molecule has 5 rings (SSSR count). The molecule has 0 bridgehead atoms. The summed E-state index contributed by atoms with van der Waals surface area (Å²) in [5.74, 6) is 0.0994. The molecule has 0 aliphatic rings. The molecule has 7 heteroatoms. The second kappa shape index (κ2) is 8.42. The van der Waals surface area contributed by atoms with E-state index in [1.807, 2.05) is 42.5 Å². The number of hydrogen-bond acceptors (Lipinski definition) is 5. The molecule has 164 valence electrons. The predicted molar refractivity (Wildman–Crippen MR) is 133 cm³/mol. The van der Waals surface area contributed by atoms with Gasteiger partial charge in [0.15, 0.2) is 0 Å². The fraction of sp³-hybridized carbons (Fsp3) is 0.0385. The van der Waals surface area contributed by atoms with Crippen LogP contribution < -0.4 is 4.72 Å². The van der Waals surface area contributed by atoms with Gasteiger partial charge in [-0.05, 0) is 36.8 Å². The molecule has 5 aromatic rings. The summed E-state index contributed by atoms with van der Waals surface area (Å²) in [5, 5.41) is 13.2. The maximum absolute atomic E-state index is 13.2. The molecule has 0 aliphatic heterocycles. The Kier molecular flexibility index (Phi) is 5.44. The highest BCUT2D eigenvalue weighted by molar-refractivity contribution is 7.99. The number of rotatable bonds is 5. The van der Waals surface area contributed by atoms with E-state index >= 15 is 0 Å². The smallest absolute Gasteiger partial charge is 0.262 e. The van der Waals surface area contributed by atoms with Crippen LogP contribution in [0.15, 0.2) is 106 Å². The van der Waals surface area contributed by atoms with Gasteiger partial charge in [-0.1, -0.05) is 72.4 Å². The van der Waals surface area contributed by atoms with E-state index in [0.717, 1.165) is 15.8 Å². The maximum Gasteiger partial charge on any atom is 0.262 e. The van der Waals surface area contributed by atoms with Crippen LogP contribution in [-0.2, 0) is 10.0 Å². The van der Waals surface area contributed by atoms with Gasteiger partial charge < -0.3 is 5.11 Å². The first-order valence-electron chi connectivity index (χ1n) is 10.3. The summed E-state index contributed by atoms with van der Waals surface area (Å²) in [6.45, 7) is 1.76. The quantitative estimate of drug-likeness (QED) is 0.291. The molecule has 0 amide bonds. The summed E-state index contributed by atoms with van der Waals surface area (Å²) in [6.07, 6.45) is 1.73. The Labute approximate surface area is 196 Å². The molecule has 0 fully saturated rings. The van der Waals surface area contributed by atoms with E-state index in [9.17, 15) is 13.5 Å². The van der Waals surface area contributed by atoms with E-state index < -0.39 is 10.0 Å². The van der Waals surface area contributed by atoms with Gasteiger partial charge in [-0.25, -0.2) is 8.42 Å². The van der Waals surface area contributed by atoms with Crippen molar-refractivity contribution in [2.75, 3.05) is 4.72 Å². The van der Waals surface area contributed by atoms with Crippen molar-refractivity contribution < 1.29 is 13.5 Å². The number of aromatic nitrogens is 1. The van der Waals surface area contributed by atoms with Crippen LogP contribution in [0.25, 0.3) is 21.7 Å². The van der Waals surface area contributed by atoms with Gasteiger partial charge in [-0.2, -0.15) is 0 Å².